The molecular formula is C11H15F2N3O. The number of carbonyl (C=O) groups excluding carboxylic acids is 1. The van der Waals surface area contributed by atoms with Gasteiger partial charge in [0, 0.05) is 12.0 Å². The highest BCUT2D eigenvalue weighted by atomic mass is 19.2. The summed E-state index contributed by atoms with van der Waals surface area (Å²) in [6.45, 7) is 3.28. The standard InChI is InChI=1S/C11H15F2N3O/c1-11(2,5-8(15)17)16-10-7(14)4-3-6(12)9(10)13/h3-4,16H,5,14H2,1-2H3,(H2,15,17). The minimum Gasteiger partial charge on any atom is -0.397 e. The Morgan fingerprint density at radius 1 is 1.41 bits per heavy atom. The number of nitrogen functional groups attached to an aromatic ring is 1. The average molecular weight is 243 g/mol. The van der Waals surface area contributed by atoms with Crippen LogP contribution < -0.4 is 16.8 Å². The summed E-state index contributed by atoms with van der Waals surface area (Å²) in [6, 6.07) is 2.19. The van der Waals surface area contributed by atoms with Gasteiger partial charge in [-0.15, -0.1) is 0 Å². The molecule has 0 aliphatic heterocycles. The highest BCUT2D eigenvalue weighted by Gasteiger charge is 2.23. The smallest absolute Gasteiger partial charge is 0.219 e. The molecule has 0 saturated carbocycles. The van der Waals surface area contributed by atoms with E-state index in [2.05, 4.69) is 5.32 Å². The van der Waals surface area contributed by atoms with Crippen LogP contribution in [0, 0.1) is 11.6 Å². The molecule has 1 rings (SSSR count). The van der Waals surface area contributed by atoms with E-state index in [1.807, 2.05) is 0 Å². The van der Waals surface area contributed by atoms with Gasteiger partial charge >= 0.3 is 0 Å². The molecule has 0 heterocycles. The van der Waals surface area contributed by atoms with Gasteiger partial charge in [-0.2, -0.15) is 0 Å². The van der Waals surface area contributed by atoms with Crippen molar-refractivity contribution in [3.63, 3.8) is 0 Å². The second-order valence-corrected chi connectivity index (χ2v) is 4.48. The maximum Gasteiger partial charge on any atom is 0.219 e. The number of hydrogen-bond donors (Lipinski definition) is 3. The third-order valence-corrected chi connectivity index (χ3v) is 2.21. The Kier molecular flexibility index (Phi) is 3.55. The molecule has 94 valence electrons. The molecule has 0 radical (unpaired) electrons. The van der Waals surface area contributed by atoms with Gasteiger partial charge in [-0.05, 0) is 26.0 Å². The van der Waals surface area contributed by atoms with Crippen molar-refractivity contribution in [2.45, 2.75) is 25.8 Å². The molecule has 17 heavy (non-hydrogen) atoms. The zero-order valence-corrected chi connectivity index (χ0v) is 9.68. The quantitative estimate of drug-likeness (QED) is 0.703. The van der Waals surface area contributed by atoms with Crippen molar-refractivity contribution in [1.82, 2.24) is 0 Å². The third kappa shape index (κ3) is 3.30. The van der Waals surface area contributed by atoms with Crippen LogP contribution in [0.2, 0.25) is 0 Å². The zero-order chi connectivity index (χ0) is 13.2. The van der Waals surface area contributed by atoms with E-state index in [0.717, 1.165) is 6.07 Å². The van der Waals surface area contributed by atoms with Crippen LogP contribution in [-0.2, 0) is 4.79 Å². The van der Waals surface area contributed by atoms with Gasteiger partial charge in [0.15, 0.2) is 11.6 Å². The van der Waals surface area contributed by atoms with Gasteiger partial charge in [-0.3, -0.25) is 4.79 Å². The minimum atomic E-state index is -1.07. The lowest BCUT2D eigenvalue weighted by Gasteiger charge is -2.27. The van der Waals surface area contributed by atoms with Gasteiger partial charge in [0.25, 0.3) is 0 Å². The van der Waals surface area contributed by atoms with Gasteiger partial charge in [-0.25, -0.2) is 8.78 Å². The molecule has 0 aliphatic rings. The molecule has 1 aromatic rings. The average Bonchev–Trinajstić information content (AvgIpc) is 2.17. The predicted octanol–water partition coefficient (Wildman–Crippen LogP) is 1.61. The first kappa shape index (κ1) is 13.2. The van der Waals surface area contributed by atoms with Crippen molar-refractivity contribution in [3.8, 4) is 0 Å². The number of nitrogens with two attached hydrogens (primary N) is 2. The molecule has 0 atom stereocenters. The van der Waals surface area contributed by atoms with Crippen molar-refractivity contribution in [2.75, 3.05) is 11.1 Å². The summed E-state index contributed by atoms with van der Waals surface area (Å²) in [6.07, 6.45) is -0.0254. The van der Waals surface area contributed by atoms with Gasteiger partial charge in [0.05, 0.1) is 11.4 Å². The monoisotopic (exact) mass is 243 g/mol. The lowest BCUT2D eigenvalue weighted by Crippen LogP contribution is -2.36. The summed E-state index contributed by atoms with van der Waals surface area (Å²) < 4.78 is 26.5. The maximum atomic E-state index is 13.5. The van der Waals surface area contributed by atoms with Gasteiger partial charge in [-0.1, -0.05) is 0 Å². The topological polar surface area (TPSA) is 81.1 Å². The first-order chi connectivity index (χ1) is 7.73. The molecule has 1 amide bonds. The van der Waals surface area contributed by atoms with E-state index in [1.165, 1.54) is 6.07 Å². The number of hydrogen-bond acceptors (Lipinski definition) is 3. The summed E-state index contributed by atoms with van der Waals surface area (Å²) in [4.78, 5) is 10.8. The second-order valence-electron chi connectivity index (χ2n) is 4.48. The molecule has 0 unspecified atom stereocenters. The van der Waals surface area contributed by atoms with Crippen LogP contribution in [0.3, 0.4) is 0 Å². The van der Waals surface area contributed by atoms with Crippen molar-refractivity contribution in [2.24, 2.45) is 5.73 Å². The lowest BCUT2D eigenvalue weighted by atomic mass is 9.99. The number of anilines is 2. The largest absolute Gasteiger partial charge is 0.397 e. The van der Waals surface area contributed by atoms with Gasteiger partial charge in [0.2, 0.25) is 5.91 Å². The summed E-state index contributed by atoms with van der Waals surface area (Å²) in [5, 5.41) is 2.69. The van der Waals surface area contributed by atoms with E-state index in [0.29, 0.717) is 0 Å². The molecule has 6 heteroatoms. The summed E-state index contributed by atoms with van der Waals surface area (Å²) in [5.74, 6) is -2.61. The Hall–Kier alpha value is -1.85. The van der Waals surface area contributed by atoms with E-state index in [9.17, 15) is 13.6 Å². The highest BCUT2D eigenvalue weighted by molar-refractivity contribution is 5.76. The second kappa shape index (κ2) is 4.57. The Labute approximate surface area is 98.0 Å². The highest BCUT2D eigenvalue weighted by Crippen LogP contribution is 2.28. The van der Waals surface area contributed by atoms with E-state index < -0.39 is 23.1 Å². The first-order valence-corrected chi connectivity index (χ1v) is 5.03. The summed E-state index contributed by atoms with van der Waals surface area (Å²) in [5.41, 5.74) is 9.71. The van der Waals surface area contributed by atoms with E-state index in [1.54, 1.807) is 13.8 Å². The lowest BCUT2D eigenvalue weighted by molar-refractivity contribution is -0.118. The molecule has 0 aliphatic carbocycles. The molecule has 0 bridgehead atoms. The van der Waals surface area contributed by atoms with Crippen molar-refractivity contribution in [3.05, 3.63) is 23.8 Å². The molecule has 5 N–H and O–H groups in total. The molecule has 0 aromatic heterocycles. The van der Waals surface area contributed by atoms with Crippen LogP contribution in [-0.4, -0.2) is 11.4 Å². The fraction of sp³-hybridized carbons (Fsp3) is 0.364. The Bertz CT molecular complexity index is 447. The number of rotatable bonds is 4. The van der Waals surface area contributed by atoms with Crippen LogP contribution in [0.5, 0.6) is 0 Å². The third-order valence-electron chi connectivity index (χ3n) is 2.21. The first-order valence-electron chi connectivity index (χ1n) is 5.03. The minimum absolute atomic E-state index is 0.0254. The SMILES string of the molecule is CC(C)(CC(N)=O)Nc1c(N)ccc(F)c1F. The maximum absolute atomic E-state index is 13.5. The number of nitrogens with one attached hydrogen (secondary N) is 1. The number of amides is 1. The normalized spacial score (nSPS) is 11.3. The van der Waals surface area contributed by atoms with Gasteiger partial charge in [0.1, 0.15) is 0 Å². The van der Waals surface area contributed by atoms with E-state index in [-0.39, 0.29) is 17.8 Å². The van der Waals surface area contributed by atoms with Crippen LogP contribution in [0.15, 0.2) is 12.1 Å². The Morgan fingerprint density at radius 3 is 2.53 bits per heavy atom. The molecule has 4 nitrogen and oxygen atoms in total. The van der Waals surface area contributed by atoms with Crippen LogP contribution >= 0.6 is 0 Å². The molecular weight excluding hydrogens is 228 g/mol. The van der Waals surface area contributed by atoms with Crippen molar-refractivity contribution < 1.29 is 13.6 Å². The summed E-state index contributed by atoms with van der Waals surface area (Å²) >= 11 is 0. The molecule has 0 saturated heterocycles. The number of benzene rings is 1. The van der Waals surface area contributed by atoms with Crippen LogP contribution in [0.25, 0.3) is 0 Å². The van der Waals surface area contributed by atoms with Crippen molar-refractivity contribution >= 4 is 17.3 Å². The predicted molar refractivity (Wildman–Crippen MR) is 62.3 cm³/mol. The number of halogens is 2. The fourth-order valence-corrected chi connectivity index (χ4v) is 1.51. The number of primary amides is 1. The van der Waals surface area contributed by atoms with Crippen LogP contribution in [0.1, 0.15) is 20.3 Å². The number of carbonyl (C=O) groups is 1. The summed E-state index contributed by atoms with van der Waals surface area (Å²) in [7, 11) is 0. The zero-order valence-electron chi connectivity index (χ0n) is 9.68. The van der Waals surface area contributed by atoms with E-state index >= 15 is 0 Å². The molecule has 0 fully saturated rings. The van der Waals surface area contributed by atoms with Crippen LogP contribution in [0.4, 0.5) is 20.2 Å². The van der Waals surface area contributed by atoms with Gasteiger partial charge < -0.3 is 16.8 Å². The molecule has 0 spiro atoms. The fourth-order valence-electron chi connectivity index (χ4n) is 1.51. The Morgan fingerprint density at radius 2 is 2.00 bits per heavy atom. The Balaban J connectivity index is 3.02. The molecule has 1 aromatic carbocycles. The van der Waals surface area contributed by atoms with Crippen molar-refractivity contribution in [1.29, 1.82) is 0 Å². The van der Waals surface area contributed by atoms with E-state index in [4.69, 9.17) is 11.5 Å².